The van der Waals surface area contributed by atoms with Crippen molar-refractivity contribution in [2.45, 2.75) is 13.0 Å². The van der Waals surface area contributed by atoms with Gasteiger partial charge < -0.3 is 4.74 Å². The molecule has 0 radical (unpaired) electrons. The van der Waals surface area contributed by atoms with E-state index in [4.69, 9.17) is 10.6 Å². The van der Waals surface area contributed by atoms with Gasteiger partial charge in [-0.15, -0.1) is 0 Å². The van der Waals surface area contributed by atoms with E-state index in [9.17, 15) is 4.79 Å². The van der Waals surface area contributed by atoms with Crippen LogP contribution in [0.25, 0.3) is 0 Å². The van der Waals surface area contributed by atoms with E-state index >= 15 is 0 Å². The molecule has 0 bridgehead atoms. The van der Waals surface area contributed by atoms with Gasteiger partial charge in [0, 0.05) is 0 Å². The number of rotatable bonds is 5. The van der Waals surface area contributed by atoms with Crippen LogP contribution in [0.4, 0.5) is 0 Å². The van der Waals surface area contributed by atoms with Crippen molar-refractivity contribution in [1.82, 2.24) is 5.43 Å². The summed E-state index contributed by atoms with van der Waals surface area (Å²) in [4.78, 5) is 11.2. The van der Waals surface area contributed by atoms with Crippen molar-refractivity contribution in [2.24, 2.45) is 5.84 Å². The normalized spacial score (nSPS) is 10.1. The van der Waals surface area contributed by atoms with Gasteiger partial charge in [-0.05, 0) is 45.9 Å². The Labute approximate surface area is 131 Å². The molecule has 4 nitrogen and oxygen atoms in total. The van der Waals surface area contributed by atoms with Gasteiger partial charge in [-0.25, -0.2) is 5.84 Å². The number of carbonyl (C=O) groups excluding carboxylic acids is 1. The number of carbonyl (C=O) groups is 1. The third kappa shape index (κ3) is 4.21. The maximum Gasteiger partial charge on any atom is 0.238 e. The Kier molecular flexibility index (Phi) is 5.37. The number of amides is 1. The van der Waals surface area contributed by atoms with Crippen LogP contribution in [0.3, 0.4) is 0 Å². The molecular weight excluding hydrogens is 367 g/mol. The number of nitrogens with two attached hydrogens (primary N) is 1. The molecule has 0 unspecified atom stereocenters. The van der Waals surface area contributed by atoms with E-state index < -0.39 is 0 Å². The average Bonchev–Trinajstić information content (AvgIpc) is 2.48. The standard InChI is InChI=1S/C15H15IN2O2/c16-13-3-1-2-4-14(13)20-10-12-7-5-11(6-8-12)9-15(19)18-17/h1-8H,9-10,17H2,(H,18,19). The highest BCUT2D eigenvalue weighted by atomic mass is 127. The maximum atomic E-state index is 11.2. The molecular formula is C15H15IN2O2. The SMILES string of the molecule is NNC(=O)Cc1ccc(COc2ccccc2I)cc1. The first-order chi connectivity index (χ1) is 9.69. The molecule has 104 valence electrons. The smallest absolute Gasteiger partial charge is 0.238 e. The van der Waals surface area contributed by atoms with E-state index in [1.54, 1.807) is 0 Å². The Morgan fingerprint density at radius 2 is 1.75 bits per heavy atom. The second-order valence-corrected chi connectivity index (χ2v) is 5.44. The molecule has 0 heterocycles. The zero-order valence-corrected chi connectivity index (χ0v) is 13.0. The van der Waals surface area contributed by atoms with Gasteiger partial charge in [0.1, 0.15) is 12.4 Å². The van der Waals surface area contributed by atoms with Gasteiger partial charge in [0.25, 0.3) is 0 Å². The Morgan fingerprint density at radius 3 is 2.40 bits per heavy atom. The van der Waals surface area contributed by atoms with Gasteiger partial charge in [0.2, 0.25) is 5.91 Å². The first-order valence-corrected chi connectivity index (χ1v) is 7.21. The van der Waals surface area contributed by atoms with Gasteiger partial charge in [-0.2, -0.15) is 0 Å². The quantitative estimate of drug-likeness (QED) is 0.361. The third-order valence-electron chi connectivity index (χ3n) is 2.78. The molecule has 0 aliphatic carbocycles. The molecule has 0 atom stereocenters. The second-order valence-electron chi connectivity index (χ2n) is 4.28. The monoisotopic (exact) mass is 382 g/mol. The van der Waals surface area contributed by atoms with Crippen LogP contribution in [-0.2, 0) is 17.8 Å². The van der Waals surface area contributed by atoms with Crippen LogP contribution >= 0.6 is 22.6 Å². The fourth-order valence-electron chi connectivity index (χ4n) is 1.71. The Bertz CT molecular complexity index is 585. The van der Waals surface area contributed by atoms with E-state index in [-0.39, 0.29) is 12.3 Å². The maximum absolute atomic E-state index is 11.2. The van der Waals surface area contributed by atoms with Crippen molar-refractivity contribution in [3.05, 3.63) is 63.2 Å². The number of hydrazine groups is 1. The average molecular weight is 382 g/mol. The molecule has 0 spiro atoms. The lowest BCUT2D eigenvalue weighted by atomic mass is 10.1. The van der Waals surface area contributed by atoms with Gasteiger partial charge >= 0.3 is 0 Å². The van der Waals surface area contributed by atoms with Crippen LogP contribution in [0.1, 0.15) is 11.1 Å². The summed E-state index contributed by atoms with van der Waals surface area (Å²) in [6.07, 6.45) is 0.286. The van der Waals surface area contributed by atoms with Crippen LogP contribution < -0.4 is 16.0 Å². The lowest BCUT2D eigenvalue weighted by Crippen LogP contribution is -2.31. The van der Waals surface area contributed by atoms with Crippen LogP contribution in [0.5, 0.6) is 5.75 Å². The molecule has 0 aromatic heterocycles. The van der Waals surface area contributed by atoms with Gasteiger partial charge in [-0.3, -0.25) is 10.2 Å². The first kappa shape index (κ1) is 14.8. The second kappa shape index (κ2) is 7.25. The van der Waals surface area contributed by atoms with Crippen molar-refractivity contribution in [3.8, 4) is 5.75 Å². The molecule has 0 saturated heterocycles. The number of hydrogen-bond acceptors (Lipinski definition) is 3. The Morgan fingerprint density at radius 1 is 1.10 bits per heavy atom. The summed E-state index contributed by atoms with van der Waals surface area (Å²) in [5, 5.41) is 0. The van der Waals surface area contributed by atoms with Crippen LogP contribution in [0.2, 0.25) is 0 Å². The molecule has 2 rings (SSSR count). The molecule has 0 aliphatic rings. The summed E-state index contributed by atoms with van der Waals surface area (Å²) in [6.45, 7) is 0.503. The largest absolute Gasteiger partial charge is 0.488 e. The molecule has 0 saturated carbocycles. The zero-order valence-electron chi connectivity index (χ0n) is 10.8. The van der Waals surface area contributed by atoms with Gasteiger partial charge in [-0.1, -0.05) is 36.4 Å². The summed E-state index contributed by atoms with van der Waals surface area (Å²) in [5.74, 6) is 5.73. The van der Waals surface area contributed by atoms with Gasteiger partial charge in [0.05, 0.1) is 9.99 Å². The van der Waals surface area contributed by atoms with E-state index in [0.717, 1.165) is 20.4 Å². The number of nitrogens with one attached hydrogen (secondary N) is 1. The highest BCUT2D eigenvalue weighted by Crippen LogP contribution is 2.20. The number of hydrogen-bond donors (Lipinski definition) is 2. The van der Waals surface area contributed by atoms with Crippen molar-refractivity contribution in [3.63, 3.8) is 0 Å². The molecule has 2 aromatic rings. The molecule has 3 N–H and O–H groups in total. The van der Waals surface area contributed by atoms with Crippen LogP contribution in [-0.4, -0.2) is 5.91 Å². The number of para-hydroxylation sites is 1. The summed E-state index contributed by atoms with van der Waals surface area (Å²) < 4.78 is 6.84. The van der Waals surface area contributed by atoms with E-state index in [2.05, 4.69) is 28.0 Å². The Hall–Kier alpha value is -1.60. The highest BCUT2D eigenvalue weighted by molar-refractivity contribution is 14.1. The lowest BCUT2D eigenvalue weighted by Gasteiger charge is -2.08. The molecule has 2 aromatic carbocycles. The number of benzene rings is 2. The first-order valence-electron chi connectivity index (χ1n) is 6.13. The summed E-state index contributed by atoms with van der Waals surface area (Å²) >= 11 is 2.24. The van der Waals surface area contributed by atoms with Crippen LogP contribution in [0.15, 0.2) is 48.5 Å². The van der Waals surface area contributed by atoms with Gasteiger partial charge in [0.15, 0.2) is 0 Å². The highest BCUT2D eigenvalue weighted by Gasteiger charge is 2.03. The van der Waals surface area contributed by atoms with Crippen molar-refractivity contribution >= 4 is 28.5 Å². The van der Waals surface area contributed by atoms with Crippen molar-refractivity contribution in [2.75, 3.05) is 0 Å². The summed E-state index contributed by atoms with van der Waals surface area (Å²) in [5.41, 5.74) is 4.10. The molecule has 5 heteroatoms. The molecule has 20 heavy (non-hydrogen) atoms. The van der Waals surface area contributed by atoms with Crippen molar-refractivity contribution in [1.29, 1.82) is 0 Å². The topological polar surface area (TPSA) is 64.3 Å². The van der Waals surface area contributed by atoms with E-state index in [1.165, 1.54) is 0 Å². The van der Waals surface area contributed by atoms with E-state index in [0.29, 0.717) is 6.61 Å². The fraction of sp³-hybridized carbons (Fsp3) is 0.133. The van der Waals surface area contributed by atoms with E-state index in [1.807, 2.05) is 48.5 Å². The predicted molar refractivity (Wildman–Crippen MR) is 86.0 cm³/mol. The molecule has 1 amide bonds. The minimum atomic E-state index is -0.201. The molecule has 0 fully saturated rings. The summed E-state index contributed by atoms with van der Waals surface area (Å²) in [6, 6.07) is 15.6. The zero-order chi connectivity index (χ0) is 14.4. The molecule has 0 aliphatic heterocycles. The third-order valence-corrected chi connectivity index (χ3v) is 3.67. The predicted octanol–water partition coefficient (Wildman–Crippen LogP) is 2.40. The lowest BCUT2D eigenvalue weighted by molar-refractivity contribution is -0.120. The number of ether oxygens (including phenoxy) is 1. The minimum absolute atomic E-state index is 0.201. The fourth-order valence-corrected chi connectivity index (χ4v) is 2.26. The minimum Gasteiger partial charge on any atom is -0.488 e. The Balaban J connectivity index is 1.94. The number of halogens is 1. The van der Waals surface area contributed by atoms with Crippen LogP contribution in [0, 0.1) is 3.57 Å². The summed E-state index contributed by atoms with van der Waals surface area (Å²) in [7, 11) is 0. The van der Waals surface area contributed by atoms with Crippen molar-refractivity contribution < 1.29 is 9.53 Å².